The van der Waals surface area contributed by atoms with E-state index in [1.54, 1.807) is 24.3 Å². The van der Waals surface area contributed by atoms with Gasteiger partial charge in [0.2, 0.25) is 5.60 Å². The number of ether oxygens (including phenoxy) is 1. The van der Waals surface area contributed by atoms with Gasteiger partial charge in [-0.1, -0.05) is 41.4 Å². The normalized spacial score (nSPS) is 12.8. The maximum absolute atomic E-state index is 11.9. The molecule has 0 aliphatic rings. The Morgan fingerprint density at radius 1 is 1.12 bits per heavy atom. The fourth-order valence-corrected chi connectivity index (χ4v) is 2.45. The molecule has 25 heavy (non-hydrogen) atoms. The van der Waals surface area contributed by atoms with Gasteiger partial charge >= 0.3 is 12.0 Å². The van der Waals surface area contributed by atoms with E-state index in [0.29, 0.717) is 15.7 Å². The molecule has 0 spiro atoms. The molecule has 8 heteroatoms. The van der Waals surface area contributed by atoms with E-state index < -0.39 is 17.6 Å². The second kappa shape index (κ2) is 8.09. The average Bonchev–Trinajstić information content (AvgIpc) is 2.53. The number of aliphatic carboxylic acids is 1. The van der Waals surface area contributed by atoms with Crippen molar-refractivity contribution >= 4 is 40.9 Å². The number of urea groups is 1. The number of halogens is 2. The molecule has 1 atom stereocenters. The summed E-state index contributed by atoms with van der Waals surface area (Å²) in [7, 11) is 0. The van der Waals surface area contributed by atoms with Gasteiger partial charge in [0.05, 0.1) is 6.54 Å². The number of carboxylic acids is 1. The highest BCUT2D eigenvalue weighted by molar-refractivity contribution is 6.34. The van der Waals surface area contributed by atoms with E-state index in [-0.39, 0.29) is 12.3 Å². The van der Waals surface area contributed by atoms with E-state index in [9.17, 15) is 14.7 Å². The lowest BCUT2D eigenvalue weighted by molar-refractivity contribution is -0.153. The first-order valence-electron chi connectivity index (χ1n) is 7.27. The van der Waals surface area contributed by atoms with Crippen LogP contribution in [0.4, 0.5) is 10.5 Å². The second-order valence-corrected chi connectivity index (χ2v) is 6.29. The van der Waals surface area contributed by atoms with Gasteiger partial charge in [0.15, 0.2) is 0 Å². The number of para-hydroxylation sites is 1. The molecule has 2 amide bonds. The first kappa shape index (κ1) is 18.9. The minimum absolute atomic E-state index is 0.188. The summed E-state index contributed by atoms with van der Waals surface area (Å²) in [5.74, 6) is -1.06. The van der Waals surface area contributed by atoms with Crippen LogP contribution in [0.25, 0.3) is 0 Å². The van der Waals surface area contributed by atoms with Crippen LogP contribution >= 0.6 is 23.2 Å². The fraction of sp³-hybridized carbons (Fsp3) is 0.176. The summed E-state index contributed by atoms with van der Waals surface area (Å²) < 4.78 is 5.51. The van der Waals surface area contributed by atoms with Gasteiger partial charge in [-0.2, -0.15) is 0 Å². The lowest BCUT2D eigenvalue weighted by atomic mass is 10.1. The molecule has 132 valence electrons. The number of hydrogen-bond donors (Lipinski definition) is 3. The number of carbonyl (C=O) groups excluding carboxylic acids is 1. The summed E-state index contributed by atoms with van der Waals surface area (Å²) in [5.41, 5.74) is -1.12. The van der Waals surface area contributed by atoms with Crippen molar-refractivity contribution in [2.75, 3.05) is 11.9 Å². The Labute approximate surface area is 154 Å². The molecular weight excluding hydrogens is 367 g/mol. The van der Waals surface area contributed by atoms with Crippen LogP contribution in [0.15, 0.2) is 48.5 Å². The predicted octanol–water partition coefficient (Wildman–Crippen LogP) is 4.04. The van der Waals surface area contributed by atoms with Gasteiger partial charge in [0, 0.05) is 15.7 Å². The fourth-order valence-electron chi connectivity index (χ4n) is 1.95. The summed E-state index contributed by atoms with van der Waals surface area (Å²) in [5, 5.41) is 15.2. The zero-order chi connectivity index (χ0) is 18.4. The standard InChI is InChI=1S/C17H16Cl2N2O4/c1-17(15(22)23,25-14-8-11(18)7-12(19)9-14)10-20-16(24)21-13-5-3-2-4-6-13/h2-9H,10H2,1H3,(H,22,23)(H2,20,21,24). The smallest absolute Gasteiger partial charge is 0.349 e. The van der Waals surface area contributed by atoms with Crippen molar-refractivity contribution in [1.82, 2.24) is 5.32 Å². The van der Waals surface area contributed by atoms with Crippen molar-refractivity contribution in [2.45, 2.75) is 12.5 Å². The zero-order valence-electron chi connectivity index (χ0n) is 13.3. The van der Waals surface area contributed by atoms with Crippen molar-refractivity contribution in [3.8, 4) is 5.75 Å². The summed E-state index contributed by atoms with van der Waals surface area (Å²) in [4.78, 5) is 23.5. The van der Waals surface area contributed by atoms with Gasteiger partial charge in [-0.3, -0.25) is 0 Å². The van der Waals surface area contributed by atoms with E-state index in [1.807, 2.05) is 6.07 Å². The van der Waals surface area contributed by atoms with Crippen LogP contribution in [0.2, 0.25) is 10.0 Å². The molecule has 0 aliphatic carbocycles. The van der Waals surface area contributed by atoms with Crippen LogP contribution in [-0.4, -0.2) is 29.3 Å². The molecule has 0 saturated heterocycles. The Bertz CT molecular complexity index is 750. The number of anilines is 1. The molecule has 0 radical (unpaired) electrons. The van der Waals surface area contributed by atoms with Crippen LogP contribution < -0.4 is 15.4 Å². The van der Waals surface area contributed by atoms with Crippen LogP contribution in [0, 0.1) is 0 Å². The third kappa shape index (κ3) is 5.55. The molecule has 6 nitrogen and oxygen atoms in total. The Balaban J connectivity index is 2.03. The van der Waals surface area contributed by atoms with E-state index in [0.717, 1.165) is 0 Å². The topological polar surface area (TPSA) is 87.7 Å². The van der Waals surface area contributed by atoms with Crippen LogP contribution in [-0.2, 0) is 4.79 Å². The van der Waals surface area contributed by atoms with Crippen LogP contribution in [0.5, 0.6) is 5.75 Å². The minimum atomic E-state index is -1.71. The number of hydrogen-bond acceptors (Lipinski definition) is 3. The largest absolute Gasteiger partial charge is 0.478 e. The van der Waals surface area contributed by atoms with Crippen molar-refractivity contribution in [3.63, 3.8) is 0 Å². The lowest BCUT2D eigenvalue weighted by Gasteiger charge is -2.26. The average molecular weight is 383 g/mol. The molecule has 0 bridgehead atoms. The molecule has 0 fully saturated rings. The number of carbonyl (C=O) groups is 2. The molecule has 3 N–H and O–H groups in total. The molecule has 2 aromatic rings. The molecular formula is C17H16Cl2N2O4. The van der Waals surface area contributed by atoms with Gasteiger partial charge in [0.25, 0.3) is 0 Å². The summed E-state index contributed by atoms with van der Waals surface area (Å²) >= 11 is 11.8. The highest BCUT2D eigenvalue weighted by atomic mass is 35.5. The first-order valence-corrected chi connectivity index (χ1v) is 8.02. The highest BCUT2D eigenvalue weighted by Gasteiger charge is 2.36. The Morgan fingerprint density at radius 2 is 1.72 bits per heavy atom. The summed E-state index contributed by atoms with van der Waals surface area (Å²) in [6.07, 6.45) is 0. The number of rotatable bonds is 6. The molecule has 2 aromatic carbocycles. The lowest BCUT2D eigenvalue weighted by Crippen LogP contribution is -2.51. The maximum atomic E-state index is 11.9. The number of benzene rings is 2. The van der Waals surface area contributed by atoms with Gasteiger partial charge in [-0.15, -0.1) is 0 Å². The SMILES string of the molecule is CC(CNC(=O)Nc1ccccc1)(Oc1cc(Cl)cc(Cl)c1)C(=O)O. The van der Waals surface area contributed by atoms with Gasteiger partial charge in [-0.25, -0.2) is 9.59 Å². The Hall–Kier alpha value is -2.44. The predicted molar refractivity (Wildman–Crippen MR) is 96.6 cm³/mol. The third-order valence-electron chi connectivity index (χ3n) is 3.25. The van der Waals surface area contributed by atoms with Gasteiger partial charge in [0.1, 0.15) is 5.75 Å². The summed E-state index contributed by atoms with van der Waals surface area (Å²) in [6.45, 7) is 1.07. The molecule has 0 aliphatic heterocycles. The number of carboxylic acid groups (broad SMARTS) is 1. The second-order valence-electron chi connectivity index (χ2n) is 5.42. The van der Waals surface area contributed by atoms with Crippen molar-refractivity contribution in [2.24, 2.45) is 0 Å². The minimum Gasteiger partial charge on any atom is -0.478 e. The molecule has 0 saturated carbocycles. The number of nitrogens with one attached hydrogen (secondary N) is 2. The molecule has 1 unspecified atom stereocenters. The molecule has 2 rings (SSSR count). The van der Waals surface area contributed by atoms with Gasteiger partial charge < -0.3 is 20.5 Å². The Kier molecular flexibility index (Phi) is 6.12. The van der Waals surface area contributed by atoms with Crippen LogP contribution in [0.1, 0.15) is 6.92 Å². The van der Waals surface area contributed by atoms with E-state index in [4.69, 9.17) is 27.9 Å². The monoisotopic (exact) mass is 382 g/mol. The highest BCUT2D eigenvalue weighted by Crippen LogP contribution is 2.27. The third-order valence-corrected chi connectivity index (χ3v) is 3.69. The van der Waals surface area contributed by atoms with Crippen molar-refractivity contribution in [3.05, 3.63) is 58.6 Å². The van der Waals surface area contributed by atoms with Gasteiger partial charge in [-0.05, 0) is 37.3 Å². The number of amides is 2. The van der Waals surface area contributed by atoms with Crippen LogP contribution in [0.3, 0.4) is 0 Å². The summed E-state index contributed by atoms with van der Waals surface area (Å²) in [6, 6.07) is 12.6. The molecule has 0 aromatic heterocycles. The van der Waals surface area contributed by atoms with Crippen molar-refractivity contribution in [1.29, 1.82) is 0 Å². The maximum Gasteiger partial charge on any atom is 0.349 e. The Morgan fingerprint density at radius 3 is 2.28 bits per heavy atom. The first-order chi connectivity index (χ1) is 11.8. The van der Waals surface area contributed by atoms with E-state index in [1.165, 1.54) is 25.1 Å². The van der Waals surface area contributed by atoms with E-state index in [2.05, 4.69) is 10.6 Å². The zero-order valence-corrected chi connectivity index (χ0v) is 14.8. The molecule has 0 heterocycles. The van der Waals surface area contributed by atoms with Crippen molar-refractivity contribution < 1.29 is 19.4 Å². The quantitative estimate of drug-likeness (QED) is 0.703. The van der Waals surface area contributed by atoms with E-state index >= 15 is 0 Å².